The van der Waals surface area contributed by atoms with Crippen LogP contribution in [0.1, 0.15) is 103 Å². The molecule has 8 aromatic rings. The molecule has 0 spiro atoms. The van der Waals surface area contributed by atoms with Crippen LogP contribution in [0.15, 0.2) is 146 Å². The number of benzene rings is 4. The second-order valence-electron chi connectivity index (χ2n) is 21.0. The first-order valence-electron chi connectivity index (χ1n) is 27.7. The van der Waals surface area contributed by atoms with E-state index in [-0.39, 0.29) is 0 Å². The highest BCUT2D eigenvalue weighted by Crippen LogP contribution is 2.30. The van der Waals surface area contributed by atoms with E-state index in [1.54, 1.807) is 0 Å². The van der Waals surface area contributed by atoms with Crippen molar-refractivity contribution in [2.45, 2.75) is 58.3 Å². The fourth-order valence-electron chi connectivity index (χ4n) is 9.91. The lowest BCUT2D eigenvalue weighted by molar-refractivity contribution is 0.261. The van der Waals surface area contributed by atoms with Crippen LogP contribution in [-0.2, 0) is 0 Å². The number of rotatable bonds is 26. The quantitative estimate of drug-likeness (QED) is 0.0401. The number of nitrogens with one attached hydrogen (secondary N) is 4. The molecule has 5 heterocycles. The minimum absolute atomic E-state index is 0.605. The van der Waals surface area contributed by atoms with Gasteiger partial charge in [0.25, 0.3) is 0 Å². The highest BCUT2D eigenvalue weighted by molar-refractivity contribution is 5.85. The van der Waals surface area contributed by atoms with Gasteiger partial charge in [0, 0.05) is 86.1 Å². The molecular formula is C66H79N7O4. The number of H-pyrrole nitrogens is 4. The molecule has 4 N–H and O–H groups in total. The summed E-state index contributed by atoms with van der Waals surface area (Å²) < 4.78 is 24.9. The fraction of sp³-hybridized carbons (Fsp3) is 0.333. The summed E-state index contributed by atoms with van der Waals surface area (Å²) >= 11 is 0. The Morgan fingerprint density at radius 2 is 0.545 bits per heavy atom. The van der Waals surface area contributed by atoms with Crippen molar-refractivity contribution in [3.05, 3.63) is 212 Å². The number of nitrogens with zero attached hydrogens (tertiary/aromatic N) is 3. The van der Waals surface area contributed by atoms with Crippen LogP contribution >= 0.6 is 0 Å². The average molecular weight is 1030 g/mol. The van der Waals surface area contributed by atoms with Gasteiger partial charge in [-0.15, -0.1) is 0 Å². The molecule has 11 heteroatoms. The van der Waals surface area contributed by atoms with Crippen molar-refractivity contribution in [3.8, 4) is 23.0 Å². The summed E-state index contributed by atoms with van der Waals surface area (Å²) in [7, 11) is 12.4. The summed E-state index contributed by atoms with van der Waals surface area (Å²) in [5, 5.41) is 3.88. The topological polar surface area (TPSA) is 110 Å². The van der Waals surface area contributed by atoms with Gasteiger partial charge in [0.2, 0.25) is 0 Å². The lowest BCUT2D eigenvalue weighted by atomic mass is 10.0. The van der Waals surface area contributed by atoms with Gasteiger partial charge in [-0.2, -0.15) is 0 Å². The fourth-order valence-corrected chi connectivity index (χ4v) is 9.91. The third-order valence-electron chi connectivity index (χ3n) is 14.2. The van der Waals surface area contributed by atoms with Gasteiger partial charge in [-0.25, -0.2) is 0 Å². The second kappa shape index (κ2) is 26.6. The number of hydrogen-bond acceptors (Lipinski definition) is 7. The molecule has 0 saturated carbocycles. The lowest BCUT2D eigenvalue weighted by Crippen LogP contribution is -2.19. The molecule has 11 nitrogen and oxygen atoms in total. The van der Waals surface area contributed by atoms with E-state index in [0.717, 1.165) is 138 Å². The number of hydrogen-bond donors (Lipinski definition) is 4. The zero-order valence-electron chi connectivity index (χ0n) is 46.4. The monoisotopic (exact) mass is 1030 g/mol. The molecule has 0 fully saturated rings. The van der Waals surface area contributed by atoms with Gasteiger partial charge in [-0.05, 0) is 168 Å². The SMILES string of the molecule is CCCCCCCCCCOc1ccc(C2=c3ccc([nH]3)=C(c3ccc(OCCN(C)C)cc3)c3ccc([nH]3)C(c3ccc(OCCN(C)C)cc3)=c3ccc([nH]3)=C(c3ccc(OCCN(C)C)cc3)c3ccc2[nH]3)cc1. The molecule has 0 saturated heterocycles. The summed E-state index contributed by atoms with van der Waals surface area (Å²) in [6.07, 6.45) is 10.1. The first-order valence-corrected chi connectivity index (χ1v) is 27.7. The summed E-state index contributed by atoms with van der Waals surface area (Å²) in [6.45, 7) is 7.30. The predicted molar refractivity (Wildman–Crippen MR) is 314 cm³/mol. The van der Waals surface area contributed by atoms with Crippen molar-refractivity contribution in [2.24, 2.45) is 0 Å². The Balaban J connectivity index is 1.19. The van der Waals surface area contributed by atoms with Crippen molar-refractivity contribution < 1.29 is 18.9 Å². The first kappa shape index (κ1) is 54.4. The van der Waals surface area contributed by atoms with Crippen LogP contribution in [0.5, 0.6) is 23.0 Å². The van der Waals surface area contributed by atoms with Crippen molar-refractivity contribution in [3.63, 3.8) is 0 Å². The minimum atomic E-state index is 0.605. The van der Waals surface area contributed by atoms with Gasteiger partial charge < -0.3 is 53.6 Å². The highest BCUT2D eigenvalue weighted by atomic mass is 16.5. The molecule has 0 radical (unpaired) electrons. The van der Waals surface area contributed by atoms with E-state index in [1.807, 2.05) is 0 Å². The Labute approximate surface area is 455 Å². The smallest absolute Gasteiger partial charge is 0.119 e. The van der Waals surface area contributed by atoms with Crippen LogP contribution in [0.2, 0.25) is 0 Å². The van der Waals surface area contributed by atoms with Crippen LogP contribution in [0.3, 0.4) is 0 Å². The third-order valence-corrected chi connectivity index (χ3v) is 14.2. The summed E-state index contributed by atoms with van der Waals surface area (Å²) in [6, 6.07) is 51.5. The third kappa shape index (κ3) is 14.3. The number of aromatic amines is 4. The predicted octanol–water partition coefficient (Wildman–Crippen LogP) is 9.64. The van der Waals surface area contributed by atoms with E-state index in [0.29, 0.717) is 26.4 Å². The van der Waals surface area contributed by atoms with Crippen LogP contribution in [0, 0.1) is 0 Å². The molecule has 4 aromatic heterocycles. The largest absolute Gasteiger partial charge is 0.494 e. The number of unbranched alkanes of at least 4 members (excludes halogenated alkanes) is 7. The van der Waals surface area contributed by atoms with Crippen molar-refractivity contribution in [2.75, 3.05) is 88.3 Å². The Hall–Kier alpha value is -7.44. The lowest BCUT2D eigenvalue weighted by Gasteiger charge is -2.13. The van der Waals surface area contributed by atoms with E-state index in [4.69, 9.17) is 18.9 Å². The number of aromatic nitrogens is 4. The maximum atomic E-state index is 6.34. The van der Waals surface area contributed by atoms with Gasteiger partial charge in [0.15, 0.2) is 0 Å². The van der Waals surface area contributed by atoms with E-state index in [2.05, 4.69) is 229 Å². The molecule has 0 atom stereocenters. The Morgan fingerprint density at radius 1 is 0.286 bits per heavy atom. The molecule has 8 bridgehead atoms. The number of ether oxygens (including phenoxy) is 4. The van der Waals surface area contributed by atoms with Crippen LogP contribution in [-0.4, -0.2) is 123 Å². The molecule has 0 aliphatic carbocycles. The summed E-state index contributed by atoms with van der Waals surface area (Å²) in [4.78, 5) is 22.1. The van der Waals surface area contributed by atoms with Gasteiger partial charge >= 0.3 is 0 Å². The summed E-state index contributed by atoms with van der Waals surface area (Å²) in [5.74, 6) is 3.38. The molecule has 9 rings (SSSR count). The molecule has 77 heavy (non-hydrogen) atoms. The average Bonchev–Trinajstić information content (AvgIpc) is 4.31. The zero-order valence-corrected chi connectivity index (χ0v) is 46.4. The Kier molecular flexibility index (Phi) is 18.7. The molecule has 402 valence electrons. The molecule has 1 aliphatic heterocycles. The van der Waals surface area contributed by atoms with Crippen LogP contribution in [0.4, 0.5) is 0 Å². The van der Waals surface area contributed by atoms with Crippen molar-refractivity contribution in [1.82, 2.24) is 34.6 Å². The van der Waals surface area contributed by atoms with E-state index in [9.17, 15) is 0 Å². The standard InChI is InChI=1S/C66H79N7O4/c1-8-9-10-11-12-13-14-15-43-74-51-24-16-47(17-25-51)63-55-32-34-57(67-55)64(48-18-26-52(27-19-48)75-44-40-71(2)3)59-36-38-61(69-59)66(50-22-30-54(31-23-50)77-46-42-73(6)7)62-39-37-60(70-62)65(58-35-33-56(63)68-58)49-20-28-53(29-21-49)76-45-41-72(4)5/h16-39,67-70H,8-15,40-46H2,1-7H3. The number of likely N-dealkylation sites (N-methyl/N-ethyl adjacent to an activating group) is 3. The second-order valence-corrected chi connectivity index (χ2v) is 21.0. The molecule has 1 aliphatic rings. The molecular weight excluding hydrogens is 955 g/mol. The van der Waals surface area contributed by atoms with Crippen LogP contribution < -0.4 is 40.3 Å². The highest BCUT2D eigenvalue weighted by Gasteiger charge is 2.19. The van der Waals surface area contributed by atoms with Gasteiger partial charge in [-0.3, -0.25) is 0 Å². The van der Waals surface area contributed by atoms with E-state index in [1.165, 1.54) is 44.9 Å². The molecule has 4 aromatic carbocycles. The zero-order chi connectivity index (χ0) is 53.5. The van der Waals surface area contributed by atoms with Gasteiger partial charge in [-0.1, -0.05) is 100 Å². The van der Waals surface area contributed by atoms with Gasteiger partial charge in [0.05, 0.1) is 6.61 Å². The maximum Gasteiger partial charge on any atom is 0.119 e. The minimum Gasteiger partial charge on any atom is -0.494 e. The van der Waals surface area contributed by atoms with Crippen molar-refractivity contribution >= 4 is 22.3 Å². The maximum absolute atomic E-state index is 6.34. The molecule has 0 unspecified atom stereocenters. The Morgan fingerprint density at radius 3 is 0.818 bits per heavy atom. The van der Waals surface area contributed by atoms with Gasteiger partial charge in [0.1, 0.15) is 42.8 Å². The Bertz CT molecular complexity index is 3380. The van der Waals surface area contributed by atoms with Crippen molar-refractivity contribution in [1.29, 1.82) is 0 Å². The molecule has 0 amide bonds. The number of fused-ring (bicyclic) bond motifs is 8. The van der Waals surface area contributed by atoms with E-state index >= 15 is 0 Å². The normalized spacial score (nSPS) is 12.6. The first-order chi connectivity index (χ1) is 37.6. The summed E-state index contributed by atoms with van der Waals surface area (Å²) in [5.41, 5.74) is 12.2. The van der Waals surface area contributed by atoms with Crippen LogP contribution in [0.25, 0.3) is 22.3 Å². The van der Waals surface area contributed by atoms with E-state index < -0.39 is 0 Å².